The van der Waals surface area contributed by atoms with Gasteiger partial charge in [0.2, 0.25) is 0 Å². The van der Waals surface area contributed by atoms with Crippen LogP contribution in [0.1, 0.15) is 19.6 Å². The fraction of sp³-hybridized carbons (Fsp3) is 0.222. The zero-order valence-corrected chi connectivity index (χ0v) is 12.3. The first-order valence-electron chi connectivity index (χ1n) is 7.19. The highest BCUT2D eigenvalue weighted by atomic mass is 16.5. The van der Waals surface area contributed by atoms with Gasteiger partial charge in [0, 0.05) is 5.39 Å². The zero-order valence-electron chi connectivity index (χ0n) is 12.3. The largest absolute Gasteiger partial charge is 0.489 e. The Balaban J connectivity index is 1.75. The molecule has 3 aromatic rings. The predicted octanol–water partition coefficient (Wildman–Crippen LogP) is 4.83. The molecule has 0 unspecified atom stereocenters. The van der Waals surface area contributed by atoms with E-state index in [1.165, 1.54) is 0 Å². The van der Waals surface area contributed by atoms with E-state index in [9.17, 15) is 0 Å². The van der Waals surface area contributed by atoms with E-state index in [0.717, 1.165) is 28.2 Å². The highest BCUT2D eigenvalue weighted by Gasteiger charge is 2.07. The number of fused-ring (bicyclic) bond motifs is 1. The van der Waals surface area contributed by atoms with Gasteiger partial charge >= 0.3 is 0 Å². The molecular formula is C18H19NO2. The Hall–Kier alpha value is -2.42. The molecule has 0 atom stereocenters. The van der Waals surface area contributed by atoms with Crippen molar-refractivity contribution >= 4 is 16.7 Å². The van der Waals surface area contributed by atoms with Gasteiger partial charge in [0.05, 0.1) is 18.3 Å². The molecule has 1 N–H and O–H groups in total. The van der Waals surface area contributed by atoms with Gasteiger partial charge in [0.25, 0.3) is 0 Å². The van der Waals surface area contributed by atoms with Gasteiger partial charge in [-0.3, -0.25) is 0 Å². The molecule has 0 bridgehead atoms. The van der Waals surface area contributed by atoms with Crippen LogP contribution in [0, 0.1) is 0 Å². The Morgan fingerprint density at radius 3 is 2.62 bits per heavy atom. The molecule has 21 heavy (non-hydrogen) atoms. The molecule has 0 spiro atoms. The van der Waals surface area contributed by atoms with Crippen LogP contribution in [0.5, 0.6) is 5.75 Å². The maximum absolute atomic E-state index is 5.81. The topological polar surface area (TPSA) is 34.4 Å². The third-order valence-electron chi connectivity index (χ3n) is 3.18. The molecule has 1 heterocycles. The Kier molecular flexibility index (Phi) is 3.82. The molecule has 1 aromatic heterocycles. The normalized spacial score (nSPS) is 11.0. The van der Waals surface area contributed by atoms with Crippen LogP contribution in [0.15, 0.2) is 59.0 Å². The van der Waals surface area contributed by atoms with Crippen molar-refractivity contribution in [3.05, 3.63) is 60.4 Å². The fourth-order valence-electron chi connectivity index (χ4n) is 2.28. The summed E-state index contributed by atoms with van der Waals surface area (Å²) in [6, 6.07) is 18.1. The summed E-state index contributed by atoms with van der Waals surface area (Å²) in [6.45, 7) is 4.68. The lowest BCUT2D eigenvalue weighted by Crippen LogP contribution is -2.08. The van der Waals surface area contributed by atoms with Crippen molar-refractivity contribution in [3.8, 4) is 5.75 Å². The number of hydrogen-bond donors (Lipinski definition) is 1. The summed E-state index contributed by atoms with van der Waals surface area (Å²) in [5.41, 5.74) is 1.90. The molecule has 0 radical (unpaired) electrons. The Bertz CT molecular complexity index is 698. The molecule has 0 saturated carbocycles. The smallest absolute Gasteiger partial charge is 0.142 e. The van der Waals surface area contributed by atoms with Crippen LogP contribution >= 0.6 is 0 Å². The molecule has 0 aliphatic rings. The van der Waals surface area contributed by atoms with Crippen molar-refractivity contribution in [3.63, 3.8) is 0 Å². The maximum Gasteiger partial charge on any atom is 0.142 e. The number of ether oxygens (including phenoxy) is 1. The first kappa shape index (κ1) is 13.6. The molecule has 3 nitrogen and oxygen atoms in total. The van der Waals surface area contributed by atoms with Crippen molar-refractivity contribution < 1.29 is 9.15 Å². The summed E-state index contributed by atoms with van der Waals surface area (Å²) < 4.78 is 11.6. The van der Waals surface area contributed by atoms with E-state index < -0.39 is 0 Å². The molecule has 0 saturated heterocycles. The standard InChI is InChI=1S/C18H19NO2/c1-13(2)20-18-10-6-4-8-16(18)19-12-15-11-14-7-3-5-9-17(14)21-15/h3-11,13,19H,12H2,1-2H3. The Labute approximate surface area is 124 Å². The van der Waals surface area contributed by atoms with Crippen LogP contribution in [0.3, 0.4) is 0 Å². The van der Waals surface area contributed by atoms with Crippen LogP contribution in [0.4, 0.5) is 5.69 Å². The lowest BCUT2D eigenvalue weighted by atomic mass is 10.2. The Morgan fingerprint density at radius 2 is 1.81 bits per heavy atom. The van der Waals surface area contributed by atoms with Crippen molar-refractivity contribution in [2.24, 2.45) is 0 Å². The summed E-state index contributed by atoms with van der Waals surface area (Å²) in [5.74, 6) is 1.78. The number of anilines is 1. The van der Waals surface area contributed by atoms with Gasteiger partial charge < -0.3 is 14.5 Å². The van der Waals surface area contributed by atoms with Gasteiger partial charge in [-0.25, -0.2) is 0 Å². The van der Waals surface area contributed by atoms with Crippen LogP contribution in [-0.4, -0.2) is 6.10 Å². The lowest BCUT2D eigenvalue weighted by molar-refractivity contribution is 0.243. The van der Waals surface area contributed by atoms with Crippen LogP contribution < -0.4 is 10.1 Å². The number of furan rings is 1. The van der Waals surface area contributed by atoms with Gasteiger partial charge in [0.1, 0.15) is 17.1 Å². The number of benzene rings is 2. The van der Waals surface area contributed by atoms with Crippen LogP contribution in [0.2, 0.25) is 0 Å². The highest BCUT2D eigenvalue weighted by molar-refractivity contribution is 5.77. The molecule has 0 amide bonds. The van der Waals surface area contributed by atoms with Crippen molar-refractivity contribution in [1.82, 2.24) is 0 Å². The van der Waals surface area contributed by atoms with E-state index in [1.54, 1.807) is 0 Å². The fourth-order valence-corrected chi connectivity index (χ4v) is 2.28. The minimum Gasteiger partial charge on any atom is -0.489 e. The third kappa shape index (κ3) is 3.19. The summed E-state index contributed by atoms with van der Waals surface area (Å²) in [7, 11) is 0. The summed E-state index contributed by atoms with van der Waals surface area (Å²) in [6.07, 6.45) is 0.152. The molecule has 108 valence electrons. The maximum atomic E-state index is 5.81. The molecule has 3 heteroatoms. The van der Waals surface area contributed by atoms with E-state index in [4.69, 9.17) is 9.15 Å². The number of hydrogen-bond acceptors (Lipinski definition) is 3. The number of para-hydroxylation sites is 3. The second-order valence-corrected chi connectivity index (χ2v) is 5.27. The van der Waals surface area contributed by atoms with Gasteiger partial charge in [-0.2, -0.15) is 0 Å². The van der Waals surface area contributed by atoms with Gasteiger partial charge in [-0.1, -0.05) is 30.3 Å². The minimum atomic E-state index is 0.152. The van der Waals surface area contributed by atoms with Crippen LogP contribution in [0.25, 0.3) is 11.0 Å². The van der Waals surface area contributed by atoms with E-state index in [1.807, 2.05) is 56.3 Å². The lowest BCUT2D eigenvalue weighted by Gasteiger charge is -2.14. The van der Waals surface area contributed by atoms with E-state index in [-0.39, 0.29) is 6.10 Å². The quantitative estimate of drug-likeness (QED) is 0.727. The van der Waals surface area contributed by atoms with Gasteiger partial charge in [-0.05, 0) is 38.1 Å². The summed E-state index contributed by atoms with van der Waals surface area (Å²) in [4.78, 5) is 0. The molecular weight excluding hydrogens is 262 g/mol. The highest BCUT2D eigenvalue weighted by Crippen LogP contribution is 2.26. The average Bonchev–Trinajstić information content (AvgIpc) is 2.88. The van der Waals surface area contributed by atoms with E-state index in [0.29, 0.717) is 6.54 Å². The van der Waals surface area contributed by atoms with Crippen molar-refractivity contribution in [2.45, 2.75) is 26.5 Å². The summed E-state index contributed by atoms with van der Waals surface area (Å²) >= 11 is 0. The van der Waals surface area contributed by atoms with Crippen LogP contribution in [-0.2, 0) is 6.54 Å². The predicted molar refractivity (Wildman–Crippen MR) is 85.7 cm³/mol. The first-order valence-corrected chi connectivity index (χ1v) is 7.19. The van der Waals surface area contributed by atoms with Gasteiger partial charge in [0.15, 0.2) is 0 Å². The third-order valence-corrected chi connectivity index (χ3v) is 3.18. The van der Waals surface area contributed by atoms with E-state index >= 15 is 0 Å². The monoisotopic (exact) mass is 281 g/mol. The molecule has 0 aliphatic heterocycles. The number of nitrogens with one attached hydrogen (secondary N) is 1. The second kappa shape index (κ2) is 5.92. The second-order valence-electron chi connectivity index (χ2n) is 5.27. The number of rotatable bonds is 5. The minimum absolute atomic E-state index is 0.152. The molecule has 0 aliphatic carbocycles. The average molecular weight is 281 g/mol. The first-order chi connectivity index (χ1) is 10.2. The Morgan fingerprint density at radius 1 is 1.05 bits per heavy atom. The molecule has 0 fully saturated rings. The SMILES string of the molecule is CC(C)Oc1ccccc1NCc1cc2ccccc2o1. The van der Waals surface area contributed by atoms with E-state index in [2.05, 4.69) is 17.4 Å². The van der Waals surface area contributed by atoms with Gasteiger partial charge in [-0.15, -0.1) is 0 Å². The zero-order chi connectivity index (χ0) is 14.7. The van der Waals surface area contributed by atoms with Crippen molar-refractivity contribution in [2.75, 3.05) is 5.32 Å². The summed E-state index contributed by atoms with van der Waals surface area (Å²) in [5, 5.41) is 4.50. The van der Waals surface area contributed by atoms with Crippen molar-refractivity contribution in [1.29, 1.82) is 0 Å². The molecule has 3 rings (SSSR count). The molecule has 2 aromatic carbocycles.